The van der Waals surface area contributed by atoms with Crippen LogP contribution in [0.4, 0.5) is 18.3 Å². The van der Waals surface area contributed by atoms with E-state index in [1.807, 2.05) is 0 Å². The first-order chi connectivity index (χ1) is 13.1. The highest BCUT2D eigenvalue weighted by Gasteiger charge is 2.67. The van der Waals surface area contributed by atoms with Crippen LogP contribution in [0.3, 0.4) is 0 Å². The molecule has 0 saturated carbocycles. The first-order valence-corrected chi connectivity index (χ1v) is 8.81. The highest BCUT2D eigenvalue weighted by Crippen LogP contribution is 2.44. The van der Waals surface area contributed by atoms with Gasteiger partial charge >= 0.3 is 12.1 Å². The van der Waals surface area contributed by atoms with Crippen molar-refractivity contribution >= 4 is 38.6 Å². The van der Waals surface area contributed by atoms with Crippen molar-refractivity contribution in [1.29, 1.82) is 5.26 Å². The van der Waals surface area contributed by atoms with E-state index in [0.29, 0.717) is 10.2 Å². The van der Waals surface area contributed by atoms with Gasteiger partial charge < -0.3 is 15.4 Å². The van der Waals surface area contributed by atoms with E-state index in [1.54, 1.807) is 6.92 Å². The minimum Gasteiger partial charge on any atom is -0.462 e. The molecule has 0 spiro atoms. The lowest BCUT2D eigenvalue weighted by Gasteiger charge is -2.30. The number of halogens is 3. The predicted octanol–water partition coefficient (Wildman–Crippen LogP) is 3.11. The molecule has 3 rings (SSSR count). The molecule has 1 atom stereocenters. The highest BCUT2D eigenvalue weighted by molar-refractivity contribution is 7.22. The molecule has 2 aromatic rings. The Labute approximate surface area is 160 Å². The number of anilines is 1. The third-order valence-corrected chi connectivity index (χ3v) is 5.06. The second kappa shape index (κ2) is 6.79. The average Bonchev–Trinajstić information content (AvgIpc) is 3.12. The zero-order valence-corrected chi connectivity index (χ0v) is 15.4. The second-order valence-corrected chi connectivity index (χ2v) is 6.89. The number of fused-ring (bicyclic) bond motifs is 1. The van der Waals surface area contributed by atoms with Crippen molar-refractivity contribution in [2.75, 3.05) is 11.9 Å². The first-order valence-electron chi connectivity index (χ1n) is 7.99. The fraction of sp³-hybridized carbons (Fsp3) is 0.294. The minimum absolute atomic E-state index is 0.178. The van der Waals surface area contributed by atoms with E-state index in [0.717, 1.165) is 11.3 Å². The molecule has 1 aliphatic rings. The maximum atomic E-state index is 13.9. The molecule has 0 unspecified atom stereocenters. The van der Waals surface area contributed by atoms with Gasteiger partial charge in [0.25, 0.3) is 11.4 Å². The number of hydrogen-bond acceptors (Lipinski definition) is 7. The van der Waals surface area contributed by atoms with Crippen molar-refractivity contribution in [3.8, 4) is 6.07 Å². The Balaban J connectivity index is 2.06. The zero-order chi connectivity index (χ0) is 20.7. The van der Waals surface area contributed by atoms with Gasteiger partial charge in [-0.25, -0.2) is 9.78 Å². The summed E-state index contributed by atoms with van der Waals surface area (Å²) >= 11 is 0.822. The number of nitriles is 1. The van der Waals surface area contributed by atoms with Crippen LogP contribution in [0.5, 0.6) is 0 Å². The summed E-state index contributed by atoms with van der Waals surface area (Å²) < 4.78 is 47.0. The number of hydrogen-bond donors (Lipinski definition) is 2. The summed E-state index contributed by atoms with van der Waals surface area (Å²) in [4.78, 5) is 28.1. The number of nitrogens with one attached hydrogen (secondary N) is 2. The smallest absolute Gasteiger partial charge is 0.425 e. The van der Waals surface area contributed by atoms with Crippen molar-refractivity contribution in [3.63, 3.8) is 0 Å². The maximum absolute atomic E-state index is 13.9. The molecule has 11 heteroatoms. The van der Waals surface area contributed by atoms with Gasteiger partial charge in [0.1, 0.15) is 0 Å². The van der Waals surface area contributed by atoms with Crippen molar-refractivity contribution < 1.29 is 27.5 Å². The Hall–Kier alpha value is -3.13. The summed E-state index contributed by atoms with van der Waals surface area (Å²) in [6, 6.07) is 5.81. The monoisotopic (exact) mass is 410 g/mol. The lowest BCUT2D eigenvalue weighted by Crippen LogP contribution is -2.59. The van der Waals surface area contributed by atoms with Gasteiger partial charge in [-0.3, -0.25) is 4.79 Å². The number of ether oxygens (including phenoxy) is 1. The highest BCUT2D eigenvalue weighted by atomic mass is 32.1. The topological polar surface area (TPSA) is 104 Å². The van der Waals surface area contributed by atoms with Crippen LogP contribution in [0.25, 0.3) is 10.2 Å². The van der Waals surface area contributed by atoms with Crippen LogP contribution in [0.15, 0.2) is 29.5 Å². The SMILES string of the molecule is CCOC(=O)c1ccc2nc(N[C@]3(C(F)(F)F)C(=O)NC(C)=C3C#N)sc2c1. The molecule has 0 fully saturated rings. The van der Waals surface area contributed by atoms with Gasteiger partial charge in [-0.1, -0.05) is 11.3 Å². The number of esters is 1. The number of carbonyl (C=O) groups excluding carboxylic acids is 2. The van der Waals surface area contributed by atoms with Crippen LogP contribution < -0.4 is 10.6 Å². The van der Waals surface area contributed by atoms with E-state index in [-0.39, 0.29) is 23.0 Å². The molecule has 0 radical (unpaired) electrons. The normalized spacial score (nSPS) is 19.5. The van der Waals surface area contributed by atoms with E-state index in [9.17, 15) is 28.0 Å². The molecular formula is C17H13F3N4O3S. The van der Waals surface area contributed by atoms with Gasteiger partial charge in [0.15, 0.2) is 5.13 Å². The van der Waals surface area contributed by atoms with Crippen LogP contribution in [0, 0.1) is 11.3 Å². The number of carbonyl (C=O) groups is 2. The summed E-state index contributed by atoms with van der Waals surface area (Å²) in [6.07, 6.45) is -5.09. The molecule has 0 saturated heterocycles. The minimum atomic E-state index is -5.09. The van der Waals surface area contributed by atoms with E-state index >= 15 is 0 Å². The van der Waals surface area contributed by atoms with Crippen LogP contribution >= 0.6 is 11.3 Å². The van der Waals surface area contributed by atoms with E-state index in [1.165, 1.54) is 31.2 Å². The lowest BCUT2D eigenvalue weighted by molar-refractivity contribution is -0.174. The Morgan fingerprint density at radius 1 is 1.46 bits per heavy atom. The van der Waals surface area contributed by atoms with Crippen LogP contribution in [-0.4, -0.2) is 35.2 Å². The summed E-state index contributed by atoms with van der Waals surface area (Å²) in [5, 5.41) is 13.2. The summed E-state index contributed by atoms with van der Waals surface area (Å²) in [5.41, 5.74) is -3.62. The molecule has 146 valence electrons. The lowest BCUT2D eigenvalue weighted by atomic mass is 9.90. The molecule has 1 aliphatic heterocycles. The molecular weight excluding hydrogens is 397 g/mol. The van der Waals surface area contributed by atoms with Gasteiger partial charge in [0, 0.05) is 5.70 Å². The number of benzene rings is 1. The summed E-state index contributed by atoms with van der Waals surface area (Å²) in [5.74, 6) is -1.97. The largest absolute Gasteiger partial charge is 0.462 e. The maximum Gasteiger partial charge on any atom is 0.425 e. The van der Waals surface area contributed by atoms with Gasteiger partial charge in [-0.15, -0.1) is 0 Å². The van der Waals surface area contributed by atoms with Crippen molar-refractivity contribution in [1.82, 2.24) is 10.3 Å². The van der Waals surface area contributed by atoms with Gasteiger partial charge in [0.2, 0.25) is 0 Å². The van der Waals surface area contributed by atoms with Crippen molar-refractivity contribution in [3.05, 3.63) is 35.0 Å². The van der Waals surface area contributed by atoms with Crippen LogP contribution in [-0.2, 0) is 9.53 Å². The molecule has 28 heavy (non-hydrogen) atoms. The van der Waals surface area contributed by atoms with Gasteiger partial charge in [-0.2, -0.15) is 18.4 Å². The Kier molecular flexibility index (Phi) is 4.76. The molecule has 2 N–H and O–H groups in total. The number of aromatic nitrogens is 1. The molecule has 0 bridgehead atoms. The molecule has 1 aromatic heterocycles. The summed E-state index contributed by atoms with van der Waals surface area (Å²) in [7, 11) is 0. The fourth-order valence-corrected chi connectivity index (χ4v) is 3.79. The Morgan fingerprint density at radius 3 is 2.79 bits per heavy atom. The molecule has 1 aromatic carbocycles. The predicted molar refractivity (Wildman–Crippen MR) is 94.4 cm³/mol. The zero-order valence-electron chi connectivity index (χ0n) is 14.6. The Bertz CT molecular complexity index is 1050. The number of nitrogens with zero attached hydrogens (tertiary/aromatic N) is 2. The molecule has 1 amide bonds. The third-order valence-electron chi connectivity index (χ3n) is 4.12. The third kappa shape index (κ3) is 2.95. The van der Waals surface area contributed by atoms with Crippen molar-refractivity contribution in [2.45, 2.75) is 25.6 Å². The van der Waals surface area contributed by atoms with Crippen LogP contribution in [0.2, 0.25) is 0 Å². The molecule has 0 aliphatic carbocycles. The number of thiazole rings is 1. The number of amides is 1. The first kappa shape index (κ1) is 19.6. The van der Waals surface area contributed by atoms with Gasteiger partial charge in [0.05, 0.1) is 34.0 Å². The van der Waals surface area contributed by atoms with Crippen LogP contribution in [0.1, 0.15) is 24.2 Å². The number of alkyl halides is 3. The second-order valence-electron chi connectivity index (χ2n) is 5.86. The van der Waals surface area contributed by atoms with Gasteiger partial charge in [-0.05, 0) is 32.0 Å². The average molecular weight is 410 g/mol. The standard InChI is InChI=1S/C17H13F3N4O3S/c1-3-27-13(25)9-4-5-11-12(6-9)28-15(23-11)24-16(17(18,19)20)10(7-21)8(2)22-14(16)26/h4-6H,3H2,1-2H3,(H,22,26)(H,23,24)/t16-/m0/s1. The molecule has 2 heterocycles. The summed E-state index contributed by atoms with van der Waals surface area (Å²) in [6.45, 7) is 3.05. The van der Waals surface area contributed by atoms with E-state index in [2.05, 4.69) is 15.6 Å². The molecule has 7 nitrogen and oxygen atoms in total. The van der Waals surface area contributed by atoms with Crippen molar-refractivity contribution in [2.24, 2.45) is 0 Å². The van der Waals surface area contributed by atoms with E-state index in [4.69, 9.17) is 4.74 Å². The van der Waals surface area contributed by atoms with E-state index < -0.39 is 29.2 Å². The fourth-order valence-electron chi connectivity index (χ4n) is 2.83. The Morgan fingerprint density at radius 2 is 2.18 bits per heavy atom. The number of allylic oxidation sites excluding steroid dienone is 1. The number of rotatable bonds is 4. The quantitative estimate of drug-likeness (QED) is 0.751.